The second-order valence-corrected chi connectivity index (χ2v) is 8.48. The van der Waals surface area contributed by atoms with Crippen LogP contribution in [-0.4, -0.2) is 64.6 Å². The van der Waals surface area contributed by atoms with Gasteiger partial charge in [0.1, 0.15) is 18.1 Å². The largest absolute Gasteiger partial charge is 0.480 e. The van der Waals surface area contributed by atoms with Crippen molar-refractivity contribution in [1.82, 2.24) is 16.0 Å². The van der Waals surface area contributed by atoms with E-state index in [2.05, 4.69) is 28.6 Å². The molecule has 0 radical (unpaired) electrons. The predicted octanol–water partition coefficient (Wildman–Crippen LogP) is -1.25. The quantitative estimate of drug-likeness (QED) is 0.157. The number of hydrogen-bond acceptors (Lipinski definition) is 7. The highest BCUT2D eigenvalue weighted by molar-refractivity contribution is 7.80. The monoisotopic (exact) mass is 461 g/mol. The minimum absolute atomic E-state index is 0.120. The fourth-order valence-electron chi connectivity index (χ4n) is 2.68. The fraction of sp³-hybridized carbons (Fsp3) is 0.737. The molecule has 4 atom stereocenters. The Hall–Kier alpha value is -2.34. The van der Waals surface area contributed by atoms with Crippen molar-refractivity contribution in [2.75, 3.05) is 5.75 Å². The minimum Gasteiger partial charge on any atom is -0.480 e. The van der Waals surface area contributed by atoms with Crippen LogP contribution in [0.4, 0.5) is 0 Å². The molecule has 0 aliphatic rings. The summed E-state index contributed by atoms with van der Waals surface area (Å²) in [5.41, 5.74) is 10.9. The van der Waals surface area contributed by atoms with Crippen LogP contribution in [0.2, 0.25) is 0 Å². The molecule has 4 amide bonds. The Morgan fingerprint density at radius 3 is 1.87 bits per heavy atom. The van der Waals surface area contributed by atoms with Gasteiger partial charge < -0.3 is 32.5 Å². The molecular formula is C19H35N5O6S. The molecule has 0 aromatic rings. The molecule has 0 saturated heterocycles. The number of carboxylic acids is 1. The molecule has 0 aliphatic carbocycles. The van der Waals surface area contributed by atoms with Gasteiger partial charge in [0, 0.05) is 12.2 Å². The first-order valence-corrected chi connectivity index (χ1v) is 10.7. The summed E-state index contributed by atoms with van der Waals surface area (Å²) in [4.78, 5) is 59.7. The highest BCUT2D eigenvalue weighted by Crippen LogP contribution is 2.07. The first kappa shape index (κ1) is 28.7. The molecule has 12 heteroatoms. The van der Waals surface area contributed by atoms with Crippen LogP contribution < -0.4 is 27.4 Å². The second kappa shape index (κ2) is 13.9. The van der Waals surface area contributed by atoms with E-state index in [1.807, 2.05) is 13.8 Å². The molecule has 178 valence electrons. The van der Waals surface area contributed by atoms with E-state index in [4.69, 9.17) is 11.5 Å². The van der Waals surface area contributed by atoms with Gasteiger partial charge in [-0.1, -0.05) is 27.7 Å². The second-order valence-electron chi connectivity index (χ2n) is 8.11. The van der Waals surface area contributed by atoms with E-state index in [1.165, 1.54) is 0 Å². The van der Waals surface area contributed by atoms with Gasteiger partial charge in [-0.15, -0.1) is 0 Å². The van der Waals surface area contributed by atoms with E-state index in [1.54, 1.807) is 13.8 Å². The van der Waals surface area contributed by atoms with Gasteiger partial charge >= 0.3 is 5.97 Å². The summed E-state index contributed by atoms with van der Waals surface area (Å²) in [5, 5.41) is 16.6. The van der Waals surface area contributed by atoms with Gasteiger partial charge in [0.05, 0.1) is 6.04 Å². The van der Waals surface area contributed by atoms with Gasteiger partial charge in [0.15, 0.2) is 0 Å². The third-order valence-corrected chi connectivity index (χ3v) is 4.78. The lowest BCUT2D eigenvalue weighted by atomic mass is 10.00. The Balaban J connectivity index is 5.15. The number of hydrogen-bond donors (Lipinski definition) is 7. The molecule has 0 rings (SSSR count). The number of carbonyl (C=O) groups is 5. The lowest BCUT2D eigenvalue weighted by Crippen LogP contribution is -2.59. The zero-order chi connectivity index (χ0) is 24.3. The molecule has 0 saturated carbocycles. The molecule has 4 unspecified atom stereocenters. The molecule has 31 heavy (non-hydrogen) atoms. The number of nitrogens with two attached hydrogens (primary N) is 2. The topological polar surface area (TPSA) is 194 Å². The predicted molar refractivity (Wildman–Crippen MR) is 118 cm³/mol. The summed E-state index contributed by atoms with van der Waals surface area (Å²) in [7, 11) is 0. The van der Waals surface area contributed by atoms with Crippen molar-refractivity contribution in [2.24, 2.45) is 23.3 Å². The van der Waals surface area contributed by atoms with Crippen LogP contribution in [0.3, 0.4) is 0 Å². The Morgan fingerprint density at radius 2 is 1.45 bits per heavy atom. The first-order chi connectivity index (χ1) is 14.3. The number of primary amides is 1. The lowest BCUT2D eigenvalue weighted by Gasteiger charge is -2.26. The maximum Gasteiger partial charge on any atom is 0.326 e. The van der Waals surface area contributed by atoms with Crippen LogP contribution in [-0.2, 0) is 24.0 Å². The van der Waals surface area contributed by atoms with Crippen LogP contribution in [0, 0.1) is 11.8 Å². The summed E-state index contributed by atoms with van der Waals surface area (Å²) in [5.74, 6) is -4.17. The molecule has 0 aromatic heterocycles. The Labute approximate surface area is 187 Å². The smallest absolute Gasteiger partial charge is 0.326 e. The SMILES string of the molecule is CC(C)CC(N)C(=O)NC(C(=O)NC(CS)C(=O)NC(CCC(N)=O)C(=O)O)C(C)C. The van der Waals surface area contributed by atoms with Crippen LogP contribution in [0.15, 0.2) is 0 Å². The lowest BCUT2D eigenvalue weighted by molar-refractivity contribution is -0.142. The number of carboxylic acid groups (broad SMARTS) is 1. The van der Waals surface area contributed by atoms with Crippen LogP contribution >= 0.6 is 12.6 Å². The molecular weight excluding hydrogens is 426 g/mol. The number of aliphatic carboxylic acids is 1. The average molecular weight is 462 g/mol. The number of nitrogens with one attached hydrogen (secondary N) is 3. The van der Waals surface area contributed by atoms with E-state index in [0.717, 1.165) is 0 Å². The van der Waals surface area contributed by atoms with Gasteiger partial charge in [-0.3, -0.25) is 19.2 Å². The number of carbonyl (C=O) groups excluding carboxylic acids is 4. The first-order valence-electron chi connectivity index (χ1n) is 10.1. The highest BCUT2D eigenvalue weighted by atomic mass is 32.1. The number of rotatable bonds is 14. The van der Waals surface area contributed by atoms with Gasteiger partial charge in [0.2, 0.25) is 23.6 Å². The molecule has 11 nitrogen and oxygen atoms in total. The fourth-order valence-corrected chi connectivity index (χ4v) is 2.94. The van der Waals surface area contributed by atoms with Gasteiger partial charge in [-0.25, -0.2) is 4.79 Å². The van der Waals surface area contributed by atoms with Crippen molar-refractivity contribution in [1.29, 1.82) is 0 Å². The van der Waals surface area contributed by atoms with E-state index in [-0.39, 0.29) is 30.4 Å². The molecule has 0 spiro atoms. The third kappa shape index (κ3) is 11.0. The van der Waals surface area contributed by atoms with Gasteiger partial charge in [-0.2, -0.15) is 12.6 Å². The zero-order valence-electron chi connectivity index (χ0n) is 18.4. The molecule has 0 heterocycles. The van der Waals surface area contributed by atoms with Crippen molar-refractivity contribution in [2.45, 2.75) is 71.1 Å². The van der Waals surface area contributed by atoms with Crippen molar-refractivity contribution in [3.05, 3.63) is 0 Å². The number of amides is 4. The molecule has 0 aliphatic heterocycles. The van der Waals surface area contributed by atoms with E-state index in [9.17, 15) is 29.1 Å². The summed E-state index contributed by atoms with van der Waals surface area (Å²) >= 11 is 4.04. The summed E-state index contributed by atoms with van der Waals surface area (Å²) < 4.78 is 0. The molecule has 8 N–H and O–H groups in total. The Kier molecular flexibility index (Phi) is 12.8. The van der Waals surface area contributed by atoms with Crippen molar-refractivity contribution in [3.8, 4) is 0 Å². The summed E-state index contributed by atoms with van der Waals surface area (Å²) in [6, 6.07) is -4.24. The Bertz CT molecular complexity index is 658. The molecule has 0 aromatic carbocycles. The minimum atomic E-state index is -1.35. The van der Waals surface area contributed by atoms with Crippen LogP contribution in [0.5, 0.6) is 0 Å². The normalized spacial score (nSPS) is 15.0. The van der Waals surface area contributed by atoms with Crippen molar-refractivity contribution in [3.63, 3.8) is 0 Å². The summed E-state index contributed by atoms with van der Waals surface area (Å²) in [6.45, 7) is 7.28. The maximum absolute atomic E-state index is 12.7. The average Bonchev–Trinajstić information content (AvgIpc) is 2.65. The number of thiol groups is 1. The van der Waals surface area contributed by atoms with Crippen LogP contribution in [0.1, 0.15) is 47.0 Å². The maximum atomic E-state index is 12.7. The van der Waals surface area contributed by atoms with Gasteiger partial charge in [0.25, 0.3) is 0 Å². The van der Waals surface area contributed by atoms with E-state index < -0.39 is 53.8 Å². The standard InChI is InChI=1S/C19H35N5O6S/c1-9(2)7-11(20)16(26)24-15(10(3)4)18(28)23-13(8-31)17(27)22-12(19(29)30)5-6-14(21)25/h9-13,15,31H,5-8,20H2,1-4H3,(H2,21,25)(H,22,27)(H,23,28)(H,24,26)(H,29,30). The summed E-state index contributed by atoms with van der Waals surface area (Å²) in [6.07, 6.45) is 0.0249. The third-order valence-electron chi connectivity index (χ3n) is 4.42. The van der Waals surface area contributed by atoms with Crippen LogP contribution in [0.25, 0.3) is 0 Å². The van der Waals surface area contributed by atoms with Gasteiger partial charge in [-0.05, 0) is 24.7 Å². The van der Waals surface area contributed by atoms with E-state index >= 15 is 0 Å². The highest BCUT2D eigenvalue weighted by Gasteiger charge is 2.31. The molecule has 0 bridgehead atoms. The van der Waals surface area contributed by atoms with Crippen molar-refractivity contribution >= 4 is 42.2 Å². The molecule has 0 fully saturated rings. The Morgan fingerprint density at radius 1 is 0.903 bits per heavy atom. The van der Waals surface area contributed by atoms with E-state index in [0.29, 0.717) is 6.42 Å². The van der Waals surface area contributed by atoms with Crippen molar-refractivity contribution < 1.29 is 29.1 Å². The zero-order valence-corrected chi connectivity index (χ0v) is 19.3.